The van der Waals surface area contributed by atoms with E-state index in [0.29, 0.717) is 71.2 Å². The molecule has 15 nitrogen and oxygen atoms in total. The lowest BCUT2D eigenvalue weighted by molar-refractivity contribution is -0.138. The predicted octanol–water partition coefficient (Wildman–Crippen LogP) is 8.45. The molecule has 65 heavy (non-hydrogen) atoms. The lowest BCUT2D eigenvalue weighted by Gasteiger charge is -2.35. The number of carbonyl (C=O) groups is 4. The van der Waals surface area contributed by atoms with Crippen LogP contribution in [0.4, 0.5) is 9.59 Å². The molecule has 0 unspecified atom stereocenters. The molecule has 0 spiro atoms. The lowest BCUT2D eigenvalue weighted by Crippen LogP contribution is -2.54. The van der Waals surface area contributed by atoms with Gasteiger partial charge in [-0.25, -0.2) is 19.6 Å². The molecule has 0 bridgehead atoms. The van der Waals surface area contributed by atoms with Crippen LogP contribution in [0.3, 0.4) is 0 Å². The Labute approximate surface area is 386 Å². The van der Waals surface area contributed by atoms with Gasteiger partial charge in [0.05, 0.1) is 37.7 Å². The fourth-order valence-electron chi connectivity index (χ4n) is 10.5. The number of aromatic amines is 2. The molecule has 5 fully saturated rings. The van der Waals surface area contributed by atoms with Crippen molar-refractivity contribution in [1.29, 1.82) is 0 Å². The number of halogens is 2. The van der Waals surface area contributed by atoms with E-state index in [1.165, 1.54) is 14.2 Å². The van der Waals surface area contributed by atoms with Gasteiger partial charge in [-0.15, -0.1) is 0 Å². The molecule has 5 aliphatic rings. The summed E-state index contributed by atoms with van der Waals surface area (Å²) in [6.07, 6.45) is 3.51. The number of rotatable bonds is 11. The minimum atomic E-state index is -0.720. The Morgan fingerprint density at radius 2 is 1.17 bits per heavy atom. The van der Waals surface area contributed by atoms with Crippen molar-refractivity contribution in [3.8, 4) is 33.6 Å². The molecular weight excluding hydrogens is 871 g/mol. The highest BCUT2D eigenvalue weighted by atomic mass is 35.5. The van der Waals surface area contributed by atoms with E-state index in [4.69, 9.17) is 47.4 Å². The Hall–Kier alpha value is -5.64. The number of hydrogen-bond acceptors (Lipinski definition) is 9. The van der Waals surface area contributed by atoms with E-state index in [1.807, 2.05) is 41.8 Å². The quantitative estimate of drug-likeness (QED) is 0.101. The van der Waals surface area contributed by atoms with Crippen molar-refractivity contribution in [2.75, 3.05) is 27.4 Å². The summed E-state index contributed by atoms with van der Waals surface area (Å²) >= 11 is 13.6. The highest BCUT2D eigenvalue weighted by Crippen LogP contribution is 2.55. The average molecular weight is 924 g/mol. The van der Waals surface area contributed by atoms with Gasteiger partial charge in [0.25, 0.3) is 0 Å². The second kappa shape index (κ2) is 17.3. The number of imidazole rings is 2. The summed E-state index contributed by atoms with van der Waals surface area (Å²) in [5, 5.41) is 8.31. The van der Waals surface area contributed by atoms with Crippen LogP contribution in [0.2, 0.25) is 10.3 Å². The zero-order chi connectivity index (χ0) is 45.3. The van der Waals surface area contributed by atoms with Gasteiger partial charge in [0.1, 0.15) is 23.7 Å². The first-order valence-electron chi connectivity index (χ1n) is 22.5. The minimum absolute atomic E-state index is 0.0551. The van der Waals surface area contributed by atoms with E-state index in [-0.39, 0.29) is 47.8 Å². The number of piperidine rings is 2. The van der Waals surface area contributed by atoms with Crippen LogP contribution in [-0.4, -0.2) is 105 Å². The Morgan fingerprint density at radius 1 is 0.677 bits per heavy atom. The second-order valence-electron chi connectivity index (χ2n) is 18.5. The summed E-state index contributed by atoms with van der Waals surface area (Å²) < 4.78 is 15.3. The van der Waals surface area contributed by atoms with Gasteiger partial charge in [-0.3, -0.25) is 9.59 Å². The second-order valence-corrected chi connectivity index (χ2v) is 19.2. The first-order valence-corrected chi connectivity index (χ1v) is 23.2. The number of fused-ring (bicyclic) bond motifs is 3. The van der Waals surface area contributed by atoms with E-state index >= 15 is 0 Å². The van der Waals surface area contributed by atoms with Crippen molar-refractivity contribution >= 4 is 58.0 Å². The number of carbonyl (C=O) groups excluding carboxylic acids is 4. The molecule has 5 aromatic rings. The maximum Gasteiger partial charge on any atom is 0.407 e. The number of aromatic nitrogens is 4. The number of nitrogens with zero attached hydrogens (tertiary/aromatic N) is 4. The molecule has 2 aliphatic carbocycles. The van der Waals surface area contributed by atoms with Crippen molar-refractivity contribution < 1.29 is 33.4 Å². The number of benzene rings is 3. The van der Waals surface area contributed by atoms with Crippen LogP contribution in [0.15, 0.2) is 60.7 Å². The van der Waals surface area contributed by atoms with Crippen LogP contribution in [-0.2, 0) is 23.8 Å². The molecule has 2 aromatic heterocycles. The van der Waals surface area contributed by atoms with Crippen molar-refractivity contribution in [2.24, 2.45) is 23.7 Å². The fourth-order valence-corrected chi connectivity index (χ4v) is 11.0. The van der Waals surface area contributed by atoms with Crippen molar-refractivity contribution in [1.82, 2.24) is 40.4 Å². The number of alkyl carbamates (subject to hydrolysis) is 2. The summed E-state index contributed by atoms with van der Waals surface area (Å²) in [5.74, 6) is 1.59. The number of methoxy groups -OCH3 is 2. The molecule has 8 atom stereocenters. The van der Waals surface area contributed by atoms with Gasteiger partial charge in [0, 0.05) is 36.4 Å². The number of amides is 4. The first-order chi connectivity index (χ1) is 31.4. The maximum absolute atomic E-state index is 14.3. The summed E-state index contributed by atoms with van der Waals surface area (Å²) in [6.45, 7) is 4.89. The number of H-pyrrole nitrogens is 2. The van der Waals surface area contributed by atoms with E-state index in [0.717, 1.165) is 58.7 Å². The Morgan fingerprint density at radius 3 is 1.74 bits per heavy atom. The molecule has 5 heterocycles. The highest BCUT2D eigenvalue weighted by molar-refractivity contribution is 6.32. The molecule has 10 rings (SSSR count). The molecular formula is C48H52Cl2N8O7. The SMILES string of the molecule is COC(=O)N[C@H](C(=O)N1[C@@H]2C[C@@H]2C[C@H]1c1nc(Cl)c(-c2ccc(-c3ccc4cc(-c5[nH]c([C@@H]6C[C@H]7C[C@H]7N6C(=O)[C@@H](NC(=O)OC)C6CCOCC6)nc5Cl)ccc4c3)cc2)[nH]1)C(C)C. The van der Waals surface area contributed by atoms with Gasteiger partial charge < -0.3 is 44.6 Å². The van der Waals surface area contributed by atoms with Crippen LogP contribution in [0.25, 0.3) is 44.4 Å². The average Bonchev–Trinajstić information content (AvgIpc) is 4.03. The van der Waals surface area contributed by atoms with Gasteiger partial charge in [-0.1, -0.05) is 85.6 Å². The zero-order valence-electron chi connectivity index (χ0n) is 36.6. The molecule has 3 aromatic carbocycles. The van der Waals surface area contributed by atoms with Crippen molar-refractivity contribution in [2.45, 2.75) is 88.6 Å². The number of ether oxygens (including phenoxy) is 3. The molecule has 4 N–H and O–H groups in total. The highest BCUT2D eigenvalue weighted by Gasteiger charge is 2.58. The minimum Gasteiger partial charge on any atom is -0.453 e. The number of hydrogen-bond donors (Lipinski definition) is 4. The summed E-state index contributed by atoms with van der Waals surface area (Å²) in [4.78, 5) is 72.9. The van der Waals surface area contributed by atoms with Crippen LogP contribution in [0.5, 0.6) is 0 Å². The van der Waals surface area contributed by atoms with Gasteiger partial charge >= 0.3 is 12.2 Å². The van der Waals surface area contributed by atoms with Gasteiger partial charge in [0.15, 0.2) is 10.3 Å². The molecule has 4 amide bonds. The van der Waals surface area contributed by atoms with Crippen molar-refractivity contribution in [3.63, 3.8) is 0 Å². The van der Waals surface area contributed by atoms with Crippen molar-refractivity contribution in [3.05, 3.63) is 82.6 Å². The molecule has 0 radical (unpaired) electrons. The maximum atomic E-state index is 14.3. The summed E-state index contributed by atoms with van der Waals surface area (Å²) in [7, 11) is 2.60. The third-order valence-electron chi connectivity index (χ3n) is 14.2. The van der Waals surface area contributed by atoms with E-state index in [2.05, 4.69) is 63.1 Å². The standard InChI is InChI=1S/C48H52Cl2N8O7/c1-23(2)37(53-47(61)63-3)45(59)57-33-19-31(33)21-35(57)43-51-38(41(49)55-43)25-7-5-24(6-8-25)27-9-10-29-18-30(12-11-28(29)17-27)39-42(50)56-44(52-39)36-22-32-20-34(32)58(36)46(60)40(54-48(62)64-4)26-13-15-65-16-14-26/h5-12,17-18,23,26,31-37,40H,13-16,19-22H2,1-4H3,(H,51,55)(H,52,56)(H,53,61)(H,54,62)/t31-,32-,33-,34-,35+,36+,37+,40+/m1/s1. The zero-order valence-corrected chi connectivity index (χ0v) is 38.1. The van der Waals surface area contributed by atoms with E-state index in [9.17, 15) is 19.2 Å². The van der Waals surface area contributed by atoms with E-state index in [1.54, 1.807) is 0 Å². The lowest BCUT2D eigenvalue weighted by atomic mass is 9.90. The third kappa shape index (κ3) is 8.20. The molecule has 3 aliphatic heterocycles. The Balaban J connectivity index is 0.843. The van der Waals surface area contributed by atoms with Crippen LogP contribution in [0, 0.1) is 23.7 Å². The van der Waals surface area contributed by atoms with Gasteiger partial charge in [-0.2, -0.15) is 0 Å². The normalized spacial score (nSPS) is 24.4. The number of likely N-dealkylation sites (tertiary alicyclic amines) is 2. The van der Waals surface area contributed by atoms with Gasteiger partial charge in [0.2, 0.25) is 11.8 Å². The van der Waals surface area contributed by atoms with Crippen LogP contribution < -0.4 is 10.6 Å². The largest absolute Gasteiger partial charge is 0.453 e. The Bertz CT molecular complexity index is 2660. The van der Waals surface area contributed by atoms with E-state index < -0.39 is 24.3 Å². The van der Waals surface area contributed by atoms with Crippen LogP contribution >= 0.6 is 23.2 Å². The summed E-state index contributed by atoms with van der Waals surface area (Å²) in [6, 6.07) is 18.8. The molecule has 3 saturated heterocycles. The Kier molecular flexibility index (Phi) is 11.5. The number of nitrogens with one attached hydrogen (secondary N) is 4. The predicted molar refractivity (Wildman–Crippen MR) is 244 cm³/mol. The molecule has 2 saturated carbocycles. The first kappa shape index (κ1) is 43.3. The van der Waals surface area contributed by atoms with Gasteiger partial charge in [-0.05, 0) is 96.2 Å². The monoisotopic (exact) mass is 922 g/mol. The molecule has 340 valence electrons. The molecule has 17 heteroatoms. The fraction of sp³-hybridized carbons (Fsp3) is 0.458. The topological polar surface area (TPSA) is 184 Å². The third-order valence-corrected chi connectivity index (χ3v) is 14.7. The smallest absolute Gasteiger partial charge is 0.407 e. The van der Waals surface area contributed by atoms with Crippen LogP contribution in [0.1, 0.15) is 76.1 Å². The summed E-state index contributed by atoms with van der Waals surface area (Å²) in [5.41, 5.74) is 5.18.